The number of nitrogens with two attached hydrogens (primary N) is 1. The smallest absolute Gasteiger partial charge is 0.0512 e. The van der Waals surface area contributed by atoms with Gasteiger partial charge in [0.05, 0.1) is 6.61 Å². The first-order valence-electron chi connectivity index (χ1n) is 6.13. The van der Waals surface area contributed by atoms with Crippen LogP contribution in [0.1, 0.15) is 12.0 Å². The molecule has 2 nitrogen and oxygen atoms in total. The van der Waals surface area contributed by atoms with E-state index in [9.17, 15) is 0 Å². The van der Waals surface area contributed by atoms with E-state index < -0.39 is 0 Å². The molecule has 0 amide bonds. The second-order valence-electron chi connectivity index (χ2n) is 4.75. The van der Waals surface area contributed by atoms with Gasteiger partial charge >= 0.3 is 0 Å². The summed E-state index contributed by atoms with van der Waals surface area (Å²) in [7, 11) is 0. The van der Waals surface area contributed by atoms with Crippen LogP contribution >= 0.6 is 11.3 Å². The minimum absolute atomic E-state index is 0.294. The van der Waals surface area contributed by atoms with E-state index in [2.05, 4.69) is 29.6 Å². The van der Waals surface area contributed by atoms with Gasteiger partial charge in [0.2, 0.25) is 0 Å². The summed E-state index contributed by atoms with van der Waals surface area (Å²) in [5.41, 5.74) is 7.59. The SMILES string of the molecule is NC1CCOCC1Cc1csc2ccccc12. The maximum absolute atomic E-state index is 6.16. The second-order valence-corrected chi connectivity index (χ2v) is 5.66. The number of hydrogen-bond acceptors (Lipinski definition) is 3. The van der Waals surface area contributed by atoms with Gasteiger partial charge in [-0.3, -0.25) is 0 Å². The number of fused-ring (bicyclic) bond motifs is 1. The molecule has 2 heterocycles. The minimum Gasteiger partial charge on any atom is -0.381 e. The Morgan fingerprint density at radius 2 is 2.24 bits per heavy atom. The van der Waals surface area contributed by atoms with Crippen LogP contribution in [0.25, 0.3) is 10.1 Å². The van der Waals surface area contributed by atoms with Gasteiger partial charge in [-0.2, -0.15) is 0 Å². The van der Waals surface area contributed by atoms with E-state index in [0.29, 0.717) is 12.0 Å². The van der Waals surface area contributed by atoms with Crippen molar-refractivity contribution in [2.24, 2.45) is 11.7 Å². The summed E-state index contributed by atoms with van der Waals surface area (Å²) in [6, 6.07) is 8.88. The molecule has 1 saturated heterocycles. The van der Waals surface area contributed by atoms with Crippen molar-refractivity contribution in [3.8, 4) is 0 Å². The minimum atomic E-state index is 0.294. The molecule has 0 aliphatic carbocycles. The van der Waals surface area contributed by atoms with Crippen molar-refractivity contribution >= 4 is 21.4 Å². The molecule has 0 bridgehead atoms. The van der Waals surface area contributed by atoms with Crippen LogP contribution in [0.4, 0.5) is 0 Å². The normalized spacial score (nSPS) is 25.2. The van der Waals surface area contributed by atoms with Gasteiger partial charge in [-0.1, -0.05) is 18.2 Å². The lowest BCUT2D eigenvalue weighted by Crippen LogP contribution is -2.39. The first-order chi connectivity index (χ1) is 8.34. The van der Waals surface area contributed by atoms with E-state index in [0.717, 1.165) is 26.1 Å². The van der Waals surface area contributed by atoms with E-state index in [1.165, 1.54) is 15.6 Å². The van der Waals surface area contributed by atoms with Gasteiger partial charge < -0.3 is 10.5 Å². The highest BCUT2D eigenvalue weighted by Crippen LogP contribution is 2.29. The van der Waals surface area contributed by atoms with Crippen molar-refractivity contribution in [2.75, 3.05) is 13.2 Å². The Morgan fingerprint density at radius 1 is 1.35 bits per heavy atom. The second kappa shape index (κ2) is 4.77. The molecule has 3 heteroatoms. The van der Waals surface area contributed by atoms with Gasteiger partial charge in [0.1, 0.15) is 0 Å². The zero-order valence-electron chi connectivity index (χ0n) is 9.76. The van der Waals surface area contributed by atoms with E-state index >= 15 is 0 Å². The molecule has 0 radical (unpaired) electrons. The average molecular weight is 247 g/mol. The van der Waals surface area contributed by atoms with Crippen molar-refractivity contribution in [1.29, 1.82) is 0 Å². The zero-order valence-corrected chi connectivity index (χ0v) is 10.6. The maximum atomic E-state index is 6.16. The standard InChI is InChI=1S/C14H17NOS/c15-13-5-6-16-8-10(13)7-11-9-17-14-4-2-1-3-12(11)14/h1-4,9-10,13H,5-8,15H2. The van der Waals surface area contributed by atoms with Gasteiger partial charge in [-0.15, -0.1) is 11.3 Å². The highest BCUT2D eigenvalue weighted by Gasteiger charge is 2.23. The third-order valence-corrected chi connectivity index (χ3v) is 4.59. The van der Waals surface area contributed by atoms with Crippen LogP contribution in [0.5, 0.6) is 0 Å². The lowest BCUT2D eigenvalue weighted by molar-refractivity contribution is 0.0424. The predicted molar refractivity (Wildman–Crippen MR) is 72.4 cm³/mol. The van der Waals surface area contributed by atoms with Crippen LogP contribution in [0, 0.1) is 5.92 Å². The Kier molecular flexibility index (Phi) is 3.14. The molecule has 2 atom stereocenters. The van der Waals surface area contributed by atoms with Crippen LogP contribution in [0.3, 0.4) is 0 Å². The maximum Gasteiger partial charge on any atom is 0.0512 e. The van der Waals surface area contributed by atoms with Gasteiger partial charge in [0.15, 0.2) is 0 Å². The van der Waals surface area contributed by atoms with Crippen molar-refractivity contribution < 1.29 is 4.74 Å². The number of benzene rings is 1. The lowest BCUT2D eigenvalue weighted by Gasteiger charge is -2.28. The first-order valence-corrected chi connectivity index (χ1v) is 7.01. The molecule has 0 spiro atoms. The van der Waals surface area contributed by atoms with Crippen LogP contribution in [-0.4, -0.2) is 19.3 Å². The van der Waals surface area contributed by atoms with Crippen molar-refractivity contribution in [3.63, 3.8) is 0 Å². The molecule has 1 fully saturated rings. The molecular formula is C14H17NOS. The van der Waals surface area contributed by atoms with Crippen LogP contribution in [0.2, 0.25) is 0 Å². The molecule has 2 N–H and O–H groups in total. The van der Waals surface area contributed by atoms with Gasteiger partial charge in [-0.25, -0.2) is 0 Å². The molecule has 1 aromatic carbocycles. The summed E-state index contributed by atoms with van der Waals surface area (Å²) in [5.74, 6) is 0.474. The van der Waals surface area contributed by atoms with E-state index in [1.807, 2.05) is 11.3 Å². The van der Waals surface area contributed by atoms with E-state index in [-0.39, 0.29) is 0 Å². The number of hydrogen-bond donors (Lipinski definition) is 1. The van der Waals surface area contributed by atoms with Gasteiger partial charge in [0.25, 0.3) is 0 Å². The summed E-state index contributed by atoms with van der Waals surface area (Å²) >= 11 is 1.82. The molecule has 17 heavy (non-hydrogen) atoms. The Morgan fingerprint density at radius 3 is 3.12 bits per heavy atom. The topological polar surface area (TPSA) is 35.2 Å². The van der Waals surface area contributed by atoms with Gasteiger partial charge in [0, 0.05) is 23.3 Å². The fraction of sp³-hybridized carbons (Fsp3) is 0.429. The lowest BCUT2D eigenvalue weighted by atomic mass is 9.90. The Labute approximate surface area is 105 Å². The molecule has 1 aliphatic rings. The van der Waals surface area contributed by atoms with Crippen LogP contribution in [-0.2, 0) is 11.2 Å². The summed E-state index contributed by atoms with van der Waals surface area (Å²) < 4.78 is 6.91. The molecule has 3 rings (SSSR count). The fourth-order valence-electron chi connectivity index (χ4n) is 2.50. The molecule has 2 aromatic rings. The van der Waals surface area contributed by atoms with Crippen LogP contribution in [0.15, 0.2) is 29.6 Å². The zero-order chi connectivity index (χ0) is 11.7. The van der Waals surface area contributed by atoms with Crippen molar-refractivity contribution in [1.82, 2.24) is 0 Å². The van der Waals surface area contributed by atoms with E-state index in [1.54, 1.807) is 0 Å². The molecule has 1 aromatic heterocycles. The summed E-state index contributed by atoms with van der Waals surface area (Å²) in [6.07, 6.45) is 2.04. The highest BCUT2D eigenvalue weighted by atomic mass is 32.1. The molecular weight excluding hydrogens is 230 g/mol. The predicted octanol–water partition coefficient (Wildman–Crippen LogP) is 2.81. The average Bonchev–Trinajstić information content (AvgIpc) is 2.76. The monoisotopic (exact) mass is 247 g/mol. The molecule has 2 unspecified atom stereocenters. The Hall–Kier alpha value is -0.900. The third kappa shape index (κ3) is 2.23. The van der Waals surface area contributed by atoms with Crippen molar-refractivity contribution in [3.05, 3.63) is 35.2 Å². The quantitative estimate of drug-likeness (QED) is 0.885. The van der Waals surface area contributed by atoms with Crippen molar-refractivity contribution in [2.45, 2.75) is 18.9 Å². The summed E-state index contributed by atoms with van der Waals surface area (Å²) in [6.45, 7) is 1.63. The molecule has 90 valence electrons. The largest absolute Gasteiger partial charge is 0.381 e. The summed E-state index contributed by atoms with van der Waals surface area (Å²) in [4.78, 5) is 0. The Bertz CT molecular complexity index is 508. The third-order valence-electron chi connectivity index (χ3n) is 3.58. The molecule has 0 saturated carbocycles. The first kappa shape index (κ1) is 11.2. The number of rotatable bonds is 2. The van der Waals surface area contributed by atoms with Gasteiger partial charge in [-0.05, 0) is 35.2 Å². The fourth-order valence-corrected chi connectivity index (χ4v) is 3.47. The molecule has 1 aliphatic heterocycles. The Balaban J connectivity index is 1.84. The number of thiophene rings is 1. The number of ether oxygens (including phenoxy) is 1. The van der Waals surface area contributed by atoms with Crippen LogP contribution < -0.4 is 5.73 Å². The van der Waals surface area contributed by atoms with E-state index in [4.69, 9.17) is 10.5 Å². The summed E-state index contributed by atoms with van der Waals surface area (Å²) in [5, 5.41) is 3.65. The highest BCUT2D eigenvalue weighted by molar-refractivity contribution is 7.17.